The van der Waals surface area contributed by atoms with E-state index in [0.717, 1.165) is 44.6 Å². The van der Waals surface area contributed by atoms with Crippen LogP contribution in [0.25, 0.3) is 0 Å². The van der Waals surface area contributed by atoms with E-state index in [1.54, 1.807) is 18.2 Å². The van der Waals surface area contributed by atoms with Crippen molar-refractivity contribution in [2.24, 2.45) is 11.8 Å². The van der Waals surface area contributed by atoms with Crippen LogP contribution in [0.5, 0.6) is 5.75 Å². The molecule has 0 unspecified atom stereocenters. The molecule has 2 aliphatic heterocycles. The van der Waals surface area contributed by atoms with Gasteiger partial charge in [-0.1, -0.05) is 0 Å². The maximum absolute atomic E-state index is 12.9. The molecule has 4 rings (SSSR count). The third-order valence-electron chi connectivity index (χ3n) is 6.45. The molecule has 25 heavy (non-hydrogen) atoms. The van der Waals surface area contributed by atoms with Gasteiger partial charge in [0.2, 0.25) is 0 Å². The highest BCUT2D eigenvalue weighted by Gasteiger charge is 2.45. The third kappa shape index (κ3) is 3.15. The zero-order chi connectivity index (χ0) is 17.6. The van der Waals surface area contributed by atoms with Gasteiger partial charge in [0.15, 0.2) is 0 Å². The van der Waals surface area contributed by atoms with Gasteiger partial charge in [0.05, 0.1) is 6.10 Å². The molecule has 1 saturated carbocycles. The average Bonchev–Trinajstić information content (AvgIpc) is 3.22. The zero-order valence-corrected chi connectivity index (χ0v) is 14.9. The van der Waals surface area contributed by atoms with Gasteiger partial charge in [0.25, 0.3) is 5.91 Å². The van der Waals surface area contributed by atoms with Gasteiger partial charge < -0.3 is 15.1 Å². The predicted molar refractivity (Wildman–Crippen MR) is 95.6 cm³/mol. The maximum Gasteiger partial charge on any atom is 0.254 e. The van der Waals surface area contributed by atoms with E-state index in [2.05, 4.69) is 4.90 Å². The number of phenols is 1. The molecule has 5 heteroatoms. The number of aromatic hydroxyl groups is 1. The third-order valence-corrected chi connectivity index (χ3v) is 6.45. The lowest BCUT2D eigenvalue weighted by Gasteiger charge is -2.40. The second kappa shape index (κ2) is 6.61. The first-order valence-corrected chi connectivity index (χ1v) is 9.54. The minimum atomic E-state index is -0.259. The van der Waals surface area contributed by atoms with E-state index in [9.17, 15) is 15.0 Å². The molecule has 3 fully saturated rings. The molecule has 2 saturated heterocycles. The average molecular weight is 344 g/mol. The van der Waals surface area contributed by atoms with Gasteiger partial charge in [-0.05, 0) is 81.3 Å². The highest BCUT2D eigenvalue weighted by Crippen LogP contribution is 2.39. The minimum Gasteiger partial charge on any atom is -0.508 e. The second-order valence-corrected chi connectivity index (χ2v) is 8.08. The number of likely N-dealkylation sites (tertiary alicyclic amines) is 2. The van der Waals surface area contributed by atoms with Gasteiger partial charge in [-0.25, -0.2) is 0 Å². The van der Waals surface area contributed by atoms with Crippen LogP contribution in [0, 0.1) is 18.8 Å². The molecule has 5 nitrogen and oxygen atoms in total. The molecule has 2 heterocycles. The van der Waals surface area contributed by atoms with Gasteiger partial charge in [-0.3, -0.25) is 9.69 Å². The summed E-state index contributed by atoms with van der Waals surface area (Å²) in [6.45, 7) is 5.61. The van der Waals surface area contributed by atoms with Crippen molar-refractivity contribution in [3.8, 4) is 5.75 Å². The number of fused-ring (bicyclic) bond motifs is 1. The topological polar surface area (TPSA) is 64.0 Å². The number of phenolic OH excluding ortho intramolecular Hbond substituents is 1. The summed E-state index contributed by atoms with van der Waals surface area (Å²) in [5, 5.41) is 20.2. The molecule has 0 radical (unpaired) electrons. The fourth-order valence-corrected chi connectivity index (χ4v) is 5.10. The number of nitrogens with zero attached hydrogens (tertiary/aromatic N) is 2. The predicted octanol–water partition coefficient (Wildman–Crippen LogP) is 2.01. The molecule has 1 amide bonds. The fraction of sp³-hybridized carbons (Fsp3) is 0.650. The van der Waals surface area contributed by atoms with E-state index in [-0.39, 0.29) is 23.8 Å². The van der Waals surface area contributed by atoms with Gasteiger partial charge in [-0.15, -0.1) is 0 Å². The Morgan fingerprint density at radius 2 is 1.80 bits per heavy atom. The Morgan fingerprint density at radius 1 is 1.12 bits per heavy atom. The largest absolute Gasteiger partial charge is 0.508 e. The molecule has 1 aromatic carbocycles. The number of hydrogen-bond donors (Lipinski definition) is 2. The summed E-state index contributed by atoms with van der Waals surface area (Å²) in [6, 6.07) is 5.21. The summed E-state index contributed by atoms with van der Waals surface area (Å²) in [6.07, 6.45) is 4.03. The standard InChI is InChI=1S/C20H28N2O3/c1-13-8-16(23)4-5-17(13)20(25)22-11-14-9-18(21-6-2-3-7-21)19(24)10-15(14)12-22/h4-5,8,14-15,18-19,23-24H,2-3,6-7,9-12H2,1H3/t14-,15+,18-,19-/m1/s1. The summed E-state index contributed by atoms with van der Waals surface area (Å²) in [4.78, 5) is 17.3. The summed E-state index contributed by atoms with van der Waals surface area (Å²) >= 11 is 0. The first-order chi connectivity index (χ1) is 12.0. The molecule has 0 spiro atoms. The fourth-order valence-electron chi connectivity index (χ4n) is 5.10. The van der Waals surface area contributed by atoms with Crippen molar-refractivity contribution in [2.75, 3.05) is 26.2 Å². The van der Waals surface area contributed by atoms with Gasteiger partial charge in [0, 0.05) is 24.7 Å². The molecule has 2 N–H and O–H groups in total. The lowest BCUT2D eigenvalue weighted by Crippen LogP contribution is -2.48. The number of aliphatic hydroxyl groups is 1. The Balaban J connectivity index is 1.46. The van der Waals surface area contributed by atoms with Crippen molar-refractivity contribution < 1.29 is 15.0 Å². The summed E-state index contributed by atoms with van der Waals surface area (Å²) < 4.78 is 0. The Hall–Kier alpha value is -1.59. The van der Waals surface area contributed by atoms with Gasteiger partial charge in [0.1, 0.15) is 5.75 Å². The smallest absolute Gasteiger partial charge is 0.254 e. The van der Waals surface area contributed by atoms with Crippen LogP contribution in [0.15, 0.2) is 18.2 Å². The van der Waals surface area contributed by atoms with Gasteiger partial charge >= 0.3 is 0 Å². The number of benzene rings is 1. The van der Waals surface area contributed by atoms with Crippen molar-refractivity contribution in [1.82, 2.24) is 9.80 Å². The highest BCUT2D eigenvalue weighted by molar-refractivity contribution is 5.96. The Kier molecular flexibility index (Phi) is 4.46. The summed E-state index contributed by atoms with van der Waals surface area (Å²) in [5.74, 6) is 1.16. The normalized spacial score (nSPS) is 32.8. The van der Waals surface area contributed by atoms with Crippen molar-refractivity contribution in [3.63, 3.8) is 0 Å². The monoisotopic (exact) mass is 344 g/mol. The van der Waals surface area contributed by atoms with Crippen molar-refractivity contribution >= 4 is 5.91 Å². The minimum absolute atomic E-state index is 0.0547. The molecular formula is C20H28N2O3. The number of aliphatic hydroxyl groups excluding tert-OH is 1. The molecule has 0 bridgehead atoms. The summed E-state index contributed by atoms with van der Waals surface area (Å²) in [5.41, 5.74) is 1.49. The van der Waals surface area contributed by atoms with E-state index >= 15 is 0 Å². The van der Waals surface area contributed by atoms with Crippen LogP contribution in [0.1, 0.15) is 41.6 Å². The van der Waals surface area contributed by atoms with Crippen LogP contribution in [-0.2, 0) is 0 Å². The number of amides is 1. The Morgan fingerprint density at radius 3 is 2.48 bits per heavy atom. The van der Waals surface area contributed by atoms with Crippen LogP contribution in [0.4, 0.5) is 0 Å². The molecule has 1 aromatic rings. The zero-order valence-electron chi connectivity index (χ0n) is 14.9. The number of rotatable bonds is 2. The first-order valence-electron chi connectivity index (χ1n) is 9.54. The highest BCUT2D eigenvalue weighted by atomic mass is 16.3. The molecule has 0 aromatic heterocycles. The molecule has 3 aliphatic rings. The van der Waals surface area contributed by atoms with Crippen molar-refractivity contribution in [1.29, 1.82) is 0 Å². The molecular weight excluding hydrogens is 316 g/mol. The lowest BCUT2D eigenvalue weighted by atomic mass is 9.77. The quantitative estimate of drug-likeness (QED) is 0.861. The van der Waals surface area contributed by atoms with Crippen molar-refractivity contribution in [2.45, 2.75) is 44.8 Å². The Labute approximate surface area is 149 Å². The van der Waals surface area contributed by atoms with Crippen LogP contribution >= 0.6 is 0 Å². The van der Waals surface area contributed by atoms with Crippen LogP contribution in [-0.4, -0.2) is 64.2 Å². The van der Waals surface area contributed by atoms with Crippen LogP contribution < -0.4 is 0 Å². The number of aryl methyl sites for hydroxylation is 1. The van der Waals surface area contributed by atoms with E-state index in [4.69, 9.17) is 0 Å². The first kappa shape index (κ1) is 16.9. The Bertz CT molecular complexity index is 656. The number of carbonyl (C=O) groups excluding carboxylic acids is 1. The van der Waals surface area contributed by atoms with Crippen LogP contribution in [0.2, 0.25) is 0 Å². The van der Waals surface area contributed by atoms with E-state index < -0.39 is 0 Å². The molecule has 4 atom stereocenters. The lowest BCUT2D eigenvalue weighted by molar-refractivity contribution is -0.000865. The second-order valence-electron chi connectivity index (χ2n) is 8.08. The maximum atomic E-state index is 12.9. The van der Waals surface area contributed by atoms with Gasteiger partial charge in [-0.2, -0.15) is 0 Å². The van der Waals surface area contributed by atoms with E-state index in [1.807, 2.05) is 11.8 Å². The van der Waals surface area contributed by atoms with Crippen molar-refractivity contribution in [3.05, 3.63) is 29.3 Å². The number of carbonyl (C=O) groups is 1. The number of hydrogen-bond acceptors (Lipinski definition) is 4. The van der Waals surface area contributed by atoms with Crippen LogP contribution in [0.3, 0.4) is 0 Å². The SMILES string of the molecule is Cc1cc(O)ccc1C(=O)N1C[C@H]2C[C@@H](N3CCCC3)[C@H](O)C[C@H]2C1. The van der Waals surface area contributed by atoms with E-state index in [0.29, 0.717) is 17.4 Å². The molecule has 136 valence electrons. The molecule has 1 aliphatic carbocycles. The van der Waals surface area contributed by atoms with E-state index in [1.165, 1.54) is 12.8 Å². The summed E-state index contributed by atoms with van der Waals surface area (Å²) in [7, 11) is 0.